The van der Waals surface area contributed by atoms with Crippen LogP contribution < -0.4 is 10.1 Å². The highest BCUT2D eigenvalue weighted by Gasteiger charge is 2.24. The Kier molecular flexibility index (Phi) is 4.05. The average molecular weight is 276 g/mol. The second-order valence-corrected chi connectivity index (χ2v) is 4.95. The summed E-state index contributed by atoms with van der Waals surface area (Å²) in [5, 5.41) is 15.5. The van der Waals surface area contributed by atoms with Crippen molar-refractivity contribution in [3.8, 4) is 5.75 Å². The number of para-hydroxylation sites is 1. The van der Waals surface area contributed by atoms with E-state index in [0.717, 1.165) is 0 Å². The number of aliphatic hydroxyl groups excluding tert-OH is 1. The molecule has 1 aromatic carbocycles. The van der Waals surface area contributed by atoms with Crippen LogP contribution in [0.3, 0.4) is 0 Å². The van der Waals surface area contributed by atoms with Crippen molar-refractivity contribution in [2.75, 3.05) is 11.9 Å². The Balaban J connectivity index is 1.99. The Labute approximate surface area is 116 Å². The predicted octanol–water partition coefficient (Wildman–Crippen LogP) is 2.56. The fourth-order valence-electron chi connectivity index (χ4n) is 1.46. The summed E-state index contributed by atoms with van der Waals surface area (Å²) in [5.74, 6) is 0.600. The smallest absolute Gasteiger partial charge is 0.410 e. The van der Waals surface area contributed by atoms with E-state index in [1.807, 2.05) is 19.9 Å². The number of aliphatic hydroxyl groups is 1. The molecule has 0 radical (unpaired) electrons. The molecule has 0 spiro atoms. The molecule has 0 aliphatic carbocycles. The Bertz CT molecular complexity index is 578. The highest BCUT2D eigenvalue weighted by Crippen LogP contribution is 2.24. The molecule has 1 amide bonds. The van der Waals surface area contributed by atoms with E-state index in [-0.39, 0.29) is 12.5 Å². The van der Waals surface area contributed by atoms with Crippen LogP contribution in [0.1, 0.15) is 19.5 Å². The zero-order chi connectivity index (χ0) is 14.6. The standard InChI is InChI=1S/C14H16N2O4/c1-14(2,9-17)11-8-12(20-16-11)15-13(18)19-10-6-4-3-5-7-10/h3-8,17H,9H2,1-2H3,(H,15,18). The molecular formula is C14H16N2O4. The van der Waals surface area contributed by atoms with Gasteiger partial charge in [-0.15, -0.1) is 0 Å². The summed E-state index contributed by atoms with van der Waals surface area (Å²) >= 11 is 0. The highest BCUT2D eigenvalue weighted by molar-refractivity contribution is 5.84. The summed E-state index contributed by atoms with van der Waals surface area (Å²) in [6.07, 6.45) is -0.666. The number of nitrogens with one attached hydrogen (secondary N) is 1. The quantitative estimate of drug-likeness (QED) is 0.896. The molecule has 0 aliphatic rings. The van der Waals surface area contributed by atoms with Crippen molar-refractivity contribution in [3.05, 3.63) is 42.1 Å². The molecule has 0 saturated heterocycles. The Morgan fingerprint density at radius 2 is 2.10 bits per heavy atom. The first-order valence-electron chi connectivity index (χ1n) is 6.13. The van der Waals surface area contributed by atoms with Crippen LogP contribution in [0, 0.1) is 0 Å². The van der Waals surface area contributed by atoms with Gasteiger partial charge in [-0.1, -0.05) is 37.2 Å². The maximum absolute atomic E-state index is 11.6. The third-order valence-electron chi connectivity index (χ3n) is 2.78. The van der Waals surface area contributed by atoms with Gasteiger partial charge in [0.1, 0.15) is 5.75 Å². The molecule has 1 heterocycles. The number of hydrogen-bond acceptors (Lipinski definition) is 5. The molecule has 0 fully saturated rings. The van der Waals surface area contributed by atoms with Crippen LogP contribution in [0.5, 0.6) is 5.75 Å². The van der Waals surface area contributed by atoms with Crippen molar-refractivity contribution in [1.82, 2.24) is 5.16 Å². The van der Waals surface area contributed by atoms with E-state index in [4.69, 9.17) is 9.26 Å². The van der Waals surface area contributed by atoms with E-state index >= 15 is 0 Å². The number of rotatable bonds is 4. The van der Waals surface area contributed by atoms with Crippen LogP contribution in [0.25, 0.3) is 0 Å². The number of hydrogen-bond donors (Lipinski definition) is 2. The van der Waals surface area contributed by atoms with Crippen LogP contribution in [0.15, 0.2) is 40.9 Å². The van der Waals surface area contributed by atoms with Crippen LogP contribution in [-0.4, -0.2) is 23.0 Å². The molecule has 2 aromatic rings. The van der Waals surface area contributed by atoms with E-state index in [1.165, 1.54) is 0 Å². The lowest BCUT2D eigenvalue weighted by molar-refractivity contribution is 0.209. The molecule has 0 bridgehead atoms. The van der Waals surface area contributed by atoms with Gasteiger partial charge in [-0.3, -0.25) is 5.32 Å². The van der Waals surface area contributed by atoms with Gasteiger partial charge in [0.2, 0.25) is 5.88 Å². The van der Waals surface area contributed by atoms with Gasteiger partial charge in [-0.05, 0) is 12.1 Å². The van der Waals surface area contributed by atoms with E-state index < -0.39 is 11.5 Å². The first-order valence-corrected chi connectivity index (χ1v) is 6.13. The van der Waals surface area contributed by atoms with Crippen LogP contribution in [-0.2, 0) is 5.41 Å². The Morgan fingerprint density at radius 1 is 1.40 bits per heavy atom. The SMILES string of the molecule is CC(C)(CO)c1cc(NC(=O)Oc2ccccc2)on1. The van der Waals surface area contributed by atoms with Gasteiger partial charge in [0.25, 0.3) is 0 Å². The van der Waals surface area contributed by atoms with Gasteiger partial charge in [0, 0.05) is 11.5 Å². The first-order chi connectivity index (χ1) is 9.51. The molecular weight excluding hydrogens is 260 g/mol. The maximum atomic E-state index is 11.6. The summed E-state index contributed by atoms with van der Waals surface area (Å²) in [4.78, 5) is 11.6. The lowest BCUT2D eigenvalue weighted by atomic mass is 9.91. The van der Waals surface area contributed by atoms with Crippen molar-refractivity contribution in [3.63, 3.8) is 0 Å². The second-order valence-electron chi connectivity index (χ2n) is 4.95. The number of carbonyl (C=O) groups is 1. The number of ether oxygens (including phenoxy) is 1. The van der Waals surface area contributed by atoms with Gasteiger partial charge in [-0.25, -0.2) is 4.79 Å². The van der Waals surface area contributed by atoms with E-state index in [2.05, 4.69) is 10.5 Å². The summed E-state index contributed by atoms with van der Waals surface area (Å²) in [6, 6.07) is 10.2. The van der Waals surface area contributed by atoms with Gasteiger partial charge in [0.15, 0.2) is 0 Å². The predicted molar refractivity (Wildman–Crippen MR) is 72.7 cm³/mol. The van der Waals surface area contributed by atoms with Gasteiger partial charge in [-0.2, -0.15) is 0 Å². The topological polar surface area (TPSA) is 84.6 Å². The highest BCUT2D eigenvalue weighted by atomic mass is 16.6. The molecule has 0 aliphatic heterocycles. The molecule has 2 N–H and O–H groups in total. The molecule has 6 heteroatoms. The number of amides is 1. The largest absolute Gasteiger partial charge is 0.419 e. The first kappa shape index (κ1) is 14.1. The van der Waals surface area contributed by atoms with Crippen molar-refractivity contribution < 1.29 is 19.2 Å². The molecule has 0 unspecified atom stereocenters. The van der Waals surface area contributed by atoms with Gasteiger partial charge in [0.05, 0.1) is 12.3 Å². The summed E-state index contributed by atoms with van der Waals surface area (Å²) in [7, 11) is 0. The zero-order valence-electron chi connectivity index (χ0n) is 11.3. The van der Waals surface area contributed by atoms with E-state index in [1.54, 1.807) is 30.3 Å². The third-order valence-corrected chi connectivity index (χ3v) is 2.78. The minimum atomic E-state index is -0.666. The van der Waals surface area contributed by atoms with Crippen LogP contribution in [0.2, 0.25) is 0 Å². The van der Waals surface area contributed by atoms with E-state index in [9.17, 15) is 9.90 Å². The summed E-state index contributed by atoms with van der Waals surface area (Å²) in [6.45, 7) is 3.56. The molecule has 106 valence electrons. The van der Waals surface area contributed by atoms with Crippen molar-refractivity contribution >= 4 is 12.0 Å². The Hall–Kier alpha value is -2.34. The molecule has 6 nitrogen and oxygen atoms in total. The van der Waals surface area contributed by atoms with Crippen molar-refractivity contribution in [2.45, 2.75) is 19.3 Å². The molecule has 20 heavy (non-hydrogen) atoms. The lowest BCUT2D eigenvalue weighted by Crippen LogP contribution is -2.22. The number of carbonyl (C=O) groups excluding carboxylic acids is 1. The molecule has 0 saturated carbocycles. The van der Waals surface area contributed by atoms with Crippen LogP contribution >= 0.6 is 0 Å². The molecule has 0 atom stereocenters. The number of anilines is 1. The van der Waals surface area contributed by atoms with Crippen molar-refractivity contribution in [2.24, 2.45) is 0 Å². The zero-order valence-corrected chi connectivity index (χ0v) is 11.3. The van der Waals surface area contributed by atoms with Crippen molar-refractivity contribution in [1.29, 1.82) is 0 Å². The Morgan fingerprint density at radius 3 is 2.75 bits per heavy atom. The number of nitrogens with zero attached hydrogens (tertiary/aromatic N) is 1. The van der Waals surface area contributed by atoms with Crippen LogP contribution in [0.4, 0.5) is 10.7 Å². The summed E-state index contributed by atoms with van der Waals surface area (Å²) < 4.78 is 10.0. The maximum Gasteiger partial charge on any atom is 0.419 e. The molecule has 1 aromatic heterocycles. The molecule has 2 rings (SSSR count). The fourth-order valence-corrected chi connectivity index (χ4v) is 1.46. The van der Waals surface area contributed by atoms with Gasteiger partial charge < -0.3 is 14.4 Å². The lowest BCUT2D eigenvalue weighted by Gasteiger charge is -2.16. The van der Waals surface area contributed by atoms with Gasteiger partial charge >= 0.3 is 6.09 Å². The number of benzene rings is 1. The normalized spacial score (nSPS) is 11.2. The minimum absolute atomic E-state index is 0.0760. The number of aromatic nitrogens is 1. The minimum Gasteiger partial charge on any atom is -0.410 e. The second kappa shape index (κ2) is 5.75. The third kappa shape index (κ3) is 3.36. The summed E-state index contributed by atoms with van der Waals surface area (Å²) in [5.41, 5.74) is 0.0160. The monoisotopic (exact) mass is 276 g/mol. The fraction of sp³-hybridized carbons (Fsp3) is 0.286. The average Bonchev–Trinajstić information content (AvgIpc) is 2.89. The van der Waals surface area contributed by atoms with E-state index in [0.29, 0.717) is 11.4 Å².